The Bertz CT molecular complexity index is 326. The average Bonchev–Trinajstić information content (AvgIpc) is 2.38. The molecule has 88 valence electrons. The Hall–Kier alpha value is -1.26. The maximum Gasteiger partial charge on any atom is 0.127 e. The summed E-state index contributed by atoms with van der Waals surface area (Å²) in [7, 11) is 3.34. The van der Waals surface area contributed by atoms with E-state index in [9.17, 15) is 0 Å². The zero-order valence-corrected chi connectivity index (χ0v) is 9.66. The molecule has 1 aromatic carbocycles. The number of rotatable bonds is 3. The van der Waals surface area contributed by atoms with Crippen molar-refractivity contribution in [3.8, 4) is 11.5 Å². The first-order chi connectivity index (χ1) is 7.86. The van der Waals surface area contributed by atoms with Gasteiger partial charge in [-0.25, -0.2) is 0 Å². The zero-order valence-electron chi connectivity index (χ0n) is 9.66. The number of morpholine rings is 1. The molecule has 1 aromatic rings. The molecule has 1 N–H and O–H groups in total. The van der Waals surface area contributed by atoms with Crippen molar-refractivity contribution in [1.29, 1.82) is 0 Å². The molecule has 0 bridgehead atoms. The molecular weight excluding hydrogens is 206 g/mol. The second-order valence-corrected chi connectivity index (χ2v) is 3.66. The summed E-state index contributed by atoms with van der Waals surface area (Å²) in [6.45, 7) is 2.26. The molecule has 0 radical (unpaired) electrons. The summed E-state index contributed by atoms with van der Waals surface area (Å²) in [5.41, 5.74) is 1.03. The topological polar surface area (TPSA) is 39.7 Å². The van der Waals surface area contributed by atoms with E-state index >= 15 is 0 Å². The van der Waals surface area contributed by atoms with E-state index in [4.69, 9.17) is 14.2 Å². The van der Waals surface area contributed by atoms with Crippen LogP contribution in [-0.4, -0.2) is 34.0 Å². The molecule has 0 aliphatic carbocycles. The van der Waals surface area contributed by atoms with Crippen LogP contribution < -0.4 is 14.8 Å². The van der Waals surface area contributed by atoms with Crippen LogP contribution in [0.1, 0.15) is 11.6 Å². The molecule has 1 atom stereocenters. The molecule has 2 rings (SSSR count). The molecule has 4 nitrogen and oxygen atoms in total. The summed E-state index contributed by atoms with van der Waals surface area (Å²) in [6.07, 6.45) is 0. The van der Waals surface area contributed by atoms with Crippen molar-refractivity contribution < 1.29 is 14.2 Å². The van der Waals surface area contributed by atoms with Gasteiger partial charge in [0.2, 0.25) is 0 Å². The third kappa shape index (κ3) is 2.13. The molecule has 1 aliphatic rings. The standard InChI is InChI=1S/C12H17NO3/c1-14-10-4-3-5-11(15-2)12(10)9-8-16-7-6-13-9/h3-5,9,13H,6-8H2,1-2H3/t9-/m1/s1. The fraction of sp³-hybridized carbons (Fsp3) is 0.500. The normalized spacial score (nSPS) is 20.5. The zero-order chi connectivity index (χ0) is 11.4. The lowest BCUT2D eigenvalue weighted by Crippen LogP contribution is -2.35. The molecule has 4 heteroatoms. The van der Waals surface area contributed by atoms with Gasteiger partial charge in [-0.05, 0) is 12.1 Å². The van der Waals surface area contributed by atoms with Gasteiger partial charge in [-0.1, -0.05) is 6.07 Å². The van der Waals surface area contributed by atoms with Gasteiger partial charge in [0.05, 0.1) is 39.0 Å². The van der Waals surface area contributed by atoms with E-state index < -0.39 is 0 Å². The Labute approximate surface area is 95.5 Å². The molecular formula is C12H17NO3. The van der Waals surface area contributed by atoms with E-state index in [1.807, 2.05) is 18.2 Å². The van der Waals surface area contributed by atoms with Crippen LogP contribution in [0.3, 0.4) is 0 Å². The Morgan fingerprint density at radius 3 is 2.44 bits per heavy atom. The van der Waals surface area contributed by atoms with Crippen LogP contribution in [0.5, 0.6) is 11.5 Å². The highest BCUT2D eigenvalue weighted by Gasteiger charge is 2.22. The minimum atomic E-state index is 0.139. The van der Waals surface area contributed by atoms with Gasteiger partial charge in [0.25, 0.3) is 0 Å². The van der Waals surface area contributed by atoms with Crippen LogP contribution in [0.25, 0.3) is 0 Å². The highest BCUT2D eigenvalue weighted by molar-refractivity contribution is 5.47. The van der Waals surface area contributed by atoms with Crippen molar-refractivity contribution in [2.24, 2.45) is 0 Å². The highest BCUT2D eigenvalue weighted by Crippen LogP contribution is 2.34. The van der Waals surface area contributed by atoms with Gasteiger partial charge in [0.1, 0.15) is 11.5 Å². The smallest absolute Gasteiger partial charge is 0.127 e. The SMILES string of the molecule is COc1cccc(OC)c1[C@H]1COCCN1. The highest BCUT2D eigenvalue weighted by atomic mass is 16.5. The van der Waals surface area contributed by atoms with Crippen LogP contribution in [0, 0.1) is 0 Å². The van der Waals surface area contributed by atoms with E-state index in [0.29, 0.717) is 6.61 Å². The van der Waals surface area contributed by atoms with E-state index in [-0.39, 0.29) is 6.04 Å². The van der Waals surface area contributed by atoms with Crippen LogP contribution in [0.15, 0.2) is 18.2 Å². The lowest BCUT2D eigenvalue weighted by Gasteiger charge is -2.26. The summed E-state index contributed by atoms with van der Waals surface area (Å²) in [5, 5.41) is 3.40. The van der Waals surface area contributed by atoms with Crippen LogP contribution >= 0.6 is 0 Å². The summed E-state index contributed by atoms with van der Waals surface area (Å²) < 4.78 is 16.2. The van der Waals surface area contributed by atoms with Crippen molar-refractivity contribution in [2.75, 3.05) is 34.0 Å². The lowest BCUT2D eigenvalue weighted by atomic mass is 10.0. The fourth-order valence-electron chi connectivity index (χ4n) is 1.97. The molecule has 1 heterocycles. The first-order valence-corrected chi connectivity index (χ1v) is 5.39. The molecule has 0 aromatic heterocycles. The van der Waals surface area contributed by atoms with Crippen LogP contribution in [0.2, 0.25) is 0 Å². The molecule has 16 heavy (non-hydrogen) atoms. The van der Waals surface area contributed by atoms with E-state index in [1.165, 1.54) is 0 Å². The molecule has 0 saturated carbocycles. The molecule has 0 unspecified atom stereocenters. The molecule has 0 spiro atoms. The maximum absolute atomic E-state index is 5.46. The predicted octanol–water partition coefficient (Wildman–Crippen LogP) is 1.36. The van der Waals surface area contributed by atoms with Gasteiger partial charge in [-0.3, -0.25) is 0 Å². The van der Waals surface area contributed by atoms with E-state index in [0.717, 1.165) is 30.2 Å². The molecule has 1 fully saturated rings. The Kier molecular flexibility index (Phi) is 3.64. The lowest BCUT2D eigenvalue weighted by molar-refractivity contribution is 0.0752. The molecule has 0 amide bonds. The summed E-state index contributed by atoms with van der Waals surface area (Å²) in [6, 6.07) is 5.94. The predicted molar refractivity (Wildman–Crippen MR) is 61.1 cm³/mol. The second-order valence-electron chi connectivity index (χ2n) is 3.66. The quantitative estimate of drug-likeness (QED) is 0.840. The number of nitrogens with one attached hydrogen (secondary N) is 1. The minimum absolute atomic E-state index is 0.139. The number of hydrogen-bond acceptors (Lipinski definition) is 4. The van der Waals surface area contributed by atoms with Crippen molar-refractivity contribution in [3.05, 3.63) is 23.8 Å². The molecule has 1 aliphatic heterocycles. The minimum Gasteiger partial charge on any atom is -0.496 e. The Balaban J connectivity index is 2.34. The van der Waals surface area contributed by atoms with Gasteiger partial charge in [0.15, 0.2) is 0 Å². The first-order valence-electron chi connectivity index (χ1n) is 5.39. The van der Waals surface area contributed by atoms with Crippen molar-refractivity contribution in [1.82, 2.24) is 5.32 Å². The van der Waals surface area contributed by atoms with E-state index in [2.05, 4.69) is 5.32 Å². The Morgan fingerprint density at radius 2 is 1.94 bits per heavy atom. The van der Waals surface area contributed by atoms with Gasteiger partial charge < -0.3 is 19.5 Å². The van der Waals surface area contributed by atoms with Gasteiger partial charge in [-0.15, -0.1) is 0 Å². The number of benzene rings is 1. The number of hydrogen-bond donors (Lipinski definition) is 1. The third-order valence-electron chi connectivity index (χ3n) is 2.74. The molecule has 1 saturated heterocycles. The average molecular weight is 223 g/mol. The van der Waals surface area contributed by atoms with Crippen molar-refractivity contribution in [3.63, 3.8) is 0 Å². The first kappa shape index (κ1) is 11.2. The number of ether oxygens (including phenoxy) is 3. The van der Waals surface area contributed by atoms with Gasteiger partial charge in [-0.2, -0.15) is 0 Å². The van der Waals surface area contributed by atoms with Crippen molar-refractivity contribution in [2.45, 2.75) is 6.04 Å². The van der Waals surface area contributed by atoms with Crippen LogP contribution in [-0.2, 0) is 4.74 Å². The van der Waals surface area contributed by atoms with Crippen LogP contribution in [0.4, 0.5) is 0 Å². The summed E-state index contributed by atoms with van der Waals surface area (Å²) in [5.74, 6) is 1.67. The summed E-state index contributed by atoms with van der Waals surface area (Å²) in [4.78, 5) is 0. The fourth-order valence-corrected chi connectivity index (χ4v) is 1.97. The van der Waals surface area contributed by atoms with Crippen molar-refractivity contribution >= 4 is 0 Å². The van der Waals surface area contributed by atoms with E-state index in [1.54, 1.807) is 14.2 Å². The van der Waals surface area contributed by atoms with Gasteiger partial charge >= 0.3 is 0 Å². The monoisotopic (exact) mass is 223 g/mol. The largest absolute Gasteiger partial charge is 0.496 e. The third-order valence-corrected chi connectivity index (χ3v) is 2.74. The number of methoxy groups -OCH3 is 2. The Morgan fingerprint density at radius 1 is 1.25 bits per heavy atom. The summed E-state index contributed by atoms with van der Waals surface area (Å²) >= 11 is 0. The maximum atomic E-state index is 5.46. The van der Waals surface area contributed by atoms with Gasteiger partial charge in [0, 0.05) is 6.54 Å². The second kappa shape index (κ2) is 5.18.